The van der Waals surface area contributed by atoms with Crippen molar-refractivity contribution in [1.29, 1.82) is 0 Å². The van der Waals surface area contributed by atoms with E-state index in [-0.39, 0.29) is 0 Å². The molecule has 112 valence electrons. The van der Waals surface area contributed by atoms with Crippen LogP contribution in [0.25, 0.3) is 0 Å². The Morgan fingerprint density at radius 2 is 1.90 bits per heavy atom. The lowest BCUT2D eigenvalue weighted by atomic mass is 10.2. The Kier molecular flexibility index (Phi) is 5.77. The average molecular weight is 297 g/mol. The Balaban J connectivity index is 2.48. The van der Waals surface area contributed by atoms with Gasteiger partial charge in [-0.3, -0.25) is 0 Å². The fourth-order valence-corrected chi connectivity index (χ4v) is 1.86. The van der Waals surface area contributed by atoms with E-state index >= 15 is 0 Å². The zero-order valence-corrected chi connectivity index (χ0v) is 13.2. The predicted octanol–water partition coefficient (Wildman–Crippen LogP) is 2.16. The van der Waals surface area contributed by atoms with E-state index in [0.29, 0.717) is 19.7 Å². The summed E-state index contributed by atoms with van der Waals surface area (Å²) in [6.07, 6.45) is 2.96. The first-order valence-corrected chi connectivity index (χ1v) is 8.38. The molecule has 0 unspecified atom stereocenters. The minimum absolute atomic E-state index is 0.417. The molecule has 0 fully saturated rings. The van der Waals surface area contributed by atoms with E-state index < -0.39 is 14.6 Å². The first-order valence-electron chi connectivity index (χ1n) is 6.49. The van der Waals surface area contributed by atoms with E-state index in [9.17, 15) is 8.42 Å². The van der Waals surface area contributed by atoms with Crippen molar-refractivity contribution in [3.05, 3.63) is 42.5 Å². The molecule has 0 amide bonds. The molecule has 0 atom stereocenters. The normalized spacial score (nSPS) is 12.2. The zero-order valence-electron chi connectivity index (χ0n) is 12.3. The standard InChI is InChI=1S/C15H23NO3S/c1-5-10-19-14-8-6-13(7-9-14)11-16-12-15(2,3)20(4,17)18/h5-9,16H,1,10-12H2,2-4H3. The van der Waals surface area contributed by atoms with E-state index in [2.05, 4.69) is 11.9 Å². The van der Waals surface area contributed by atoms with Crippen LogP contribution >= 0.6 is 0 Å². The first-order chi connectivity index (χ1) is 9.26. The summed E-state index contributed by atoms with van der Waals surface area (Å²) in [5, 5.41) is 3.17. The minimum atomic E-state index is -3.07. The molecule has 0 bridgehead atoms. The number of hydrogen-bond acceptors (Lipinski definition) is 4. The summed E-state index contributed by atoms with van der Waals surface area (Å²) in [7, 11) is -3.07. The smallest absolute Gasteiger partial charge is 0.153 e. The molecule has 1 rings (SSSR count). The second-order valence-corrected chi connectivity index (χ2v) is 8.03. The summed E-state index contributed by atoms with van der Waals surface area (Å²) < 4.78 is 27.8. The van der Waals surface area contributed by atoms with Gasteiger partial charge in [0.25, 0.3) is 0 Å². The molecule has 1 N–H and O–H groups in total. The number of hydrogen-bond donors (Lipinski definition) is 1. The fraction of sp³-hybridized carbons (Fsp3) is 0.467. The van der Waals surface area contributed by atoms with Gasteiger partial charge in [0.1, 0.15) is 12.4 Å². The SMILES string of the molecule is C=CCOc1ccc(CNCC(C)(C)S(C)(=O)=O)cc1. The monoisotopic (exact) mass is 297 g/mol. The molecule has 20 heavy (non-hydrogen) atoms. The van der Waals surface area contributed by atoms with Crippen molar-refractivity contribution in [2.24, 2.45) is 0 Å². The lowest BCUT2D eigenvalue weighted by Gasteiger charge is -2.22. The van der Waals surface area contributed by atoms with Crippen molar-refractivity contribution in [2.75, 3.05) is 19.4 Å². The molecule has 1 aromatic rings. The Labute approximate surface area is 121 Å². The van der Waals surface area contributed by atoms with E-state index in [1.54, 1.807) is 19.9 Å². The summed E-state index contributed by atoms with van der Waals surface area (Å²) in [5.41, 5.74) is 1.08. The van der Waals surface area contributed by atoms with Gasteiger partial charge in [-0.25, -0.2) is 8.42 Å². The number of sulfone groups is 1. The van der Waals surface area contributed by atoms with Crippen molar-refractivity contribution in [3.8, 4) is 5.75 Å². The largest absolute Gasteiger partial charge is 0.490 e. The lowest BCUT2D eigenvalue weighted by Crippen LogP contribution is -2.41. The molecular weight excluding hydrogens is 274 g/mol. The fourth-order valence-electron chi connectivity index (χ4n) is 1.50. The third kappa shape index (κ3) is 4.98. The van der Waals surface area contributed by atoms with Crippen molar-refractivity contribution >= 4 is 9.84 Å². The second-order valence-electron chi connectivity index (χ2n) is 5.38. The van der Waals surface area contributed by atoms with Gasteiger partial charge >= 0.3 is 0 Å². The molecule has 0 spiro atoms. The average Bonchev–Trinajstić information content (AvgIpc) is 2.36. The topological polar surface area (TPSA) is 55.4 Å². The van der Waals surface area contributed by atoms with E-state index in [1.807, 2.05) is 24.3 Å². The highest BCUT2D eigenvalue weighted by Crippen LogP contribution is 2.15. The van der Waals surface area contributed by atoms with Crippen LogP contribution in [0.1, 0.15) is 19.4 Å². The number of ether oxygens (including phenoxy) is 1. The molecule has 0 aliphatic carbocycles. The number of nitrogens with one attached hydrogen (secondary N) is 1. The third-order valence-corrected chi connectivity index (χ3v) is 5.33. The third-order valence-electron chi connectivity index (χ3n) is 3.17. The highest BCUT2D eigenvalue weighted by Gasteiger charge is 2.29. The van der Waals surface area contributed by atoms with Crippen molar-refractivity contribution in [2.45, 2.75) is 25.1 Å². The molecule has 0 heterocycles. The van der Waals surface area contributed by atoms with Crippen molar-refractivity contribution in [3.63, 3.8) is 0 Å². The van der Waals surface area contributed by atoms with Crippen LogP contribution in [0.5, 0.6) is 5.75 Å². The zero-order chi connectivity index (χ0) is 15.2. The Morgan fingerprint density at radius 3 is 2.40 bits per heavy atom. The number of rotatable bonds is 8. The van der Waals surface area contributed by atoms with Crippen LogP contribution in [0.4, 0.5) is 0 Å². The lowest BCUT2D eigenvalue weighted by molar-refractivity contribution is 0.363. The van der Waals surface area contributed by atoms with Crippen LogP contribution in [0, 0.1) is 0 Å². The van der Waals surface area contributed by atoms with E-state index in [0.717, 1.165) is 11.3 Å². The van der Waals surface area contributed by atoms with Gasteiger partial charge in [0.15, 0.2) is 9.84 Å². The first kappa shape index (κ1) is 16.7. The molecule has 0 saturated heterocycles. The molecule has 4 nitrogen and oxygen atoms in total. The van der Waals surface area contributed by atoms with Crippen molar-refractivity contribution in [1.82, 2.24) is 5.32 Å². The molecular formula is C15H23NO3S. The summed E-state index contributed by atoms with van der Waals surface area (Å²) >= 11 is 0. The van der Waals surface area contributed by atoms with Gasteiger partial charge in [-0.1, -0.05) is 24.8 Å². The van der Waals surface area contributed by atoms with Gasteiger partial charge in [-0.2, -0.15) is 0 Å². The molecule has 0 aliphatic heterocycles. The summed E-state index contributed by atoms with van der Waals surface area (Å²) in [6, 6.07) is 7.70. The quantitative estimate of drug-likeness (QED) is 0.747. The van der Waals surface area contributed by atoms with E-state index in [1.165, 1.54) is 6.26 Å². The van der Waals surface area contributed by atoms with Crippen molar-refractivity contribution < 1.29 is 13.2 Å². The Hall–Kier alpha value is -1.33. The highest BCUT2D eigenvalue weighted by molar-refractivity contribution is 7.92. The van der Waals surface area contributed by atoms with E-state index in [4.69, 9.17) is 4.74 Å². The van der Waals surface area contributed by atoms with Crippen LogP contribution in [0.3, 0.4) is 0 Å². The molecule has 0 aromatic heterocycles. The molecule has 1 aromatic carbocycles. The number of benzene rings is 1. The van der Waals surface area contributed by atoms with Gasteiger partial charge < -0.3 is 10.1 Å². The summed E-state index contributed by atoms with van der Waals surface area (Å²) in [6.45, 7) is 8.57. The van der Waals surface area contributed by atoms with Gasteiger partial charge in [0.05, 0.1) is 4.75 Å². The van der Waals surface area contributed by atoms with Gasteiger partial charge in [-0.15, -0.1) is 0 Å². The predicted molar refractivity (Wildman–Crippen MR) is 82.8 cm³/mol. The molecule has 5 heteroatoms. The molecule has 0 radical (unpaired) electrons. The maximum atomic E-state index is 11.6. The van der Waals surface area contributed by atoms with Gasteiger partial charge in [0.2, 0.25) is 0 Å². The Bertz CT molecular complexity index is 533. The molecule has 0 saturated carbocycles. The van der Waals surface area contributed by atoms with Crippen LogP contribution in [-0.4, -0.2) is 32.6 Å². The molecule has 0 aliphatic rings. The van der Waals surface area contributed by atoms with Crippen LogP contribution in [0.15, 0.2) is 36.9 Å². The minimum Gasteiger partial charge on any atom is -0.490 e. The maximum absolute atomic E-state index is 11.6. The highest BCUT2D eigenvalue weighted by atomic mass is 32.2. The Morgan fingerprint density at radius 1 is 1.30 bits per heavy atom. The maximum Gasteiger partial charge on any atom is 0.153 e. The van der Waals surface area contributed by atoms with Crippen LogP contribution < -0.4 is 10.1 Å². The van der Waals surface area contributed by atoms with Crippen LogP contribution in [-0.2, 0) is 16.4 Å². The summed E-state index contributed by atoms with van der Waals surface area (Å²) in [4.78, 5) is 0. The van der Waals surface area contributed by atoms with Crippen LogP contribution in [0.2, 0.25) is 0 Å². The summed E-state index contributed by atoms with van der Waals surface area (Å²) in [5.74, 6) is 0.796. The van der Waals surface area contributed by atoms with Gasteiger partial charge in [0, 0.05) is 19.3 Å². The van der Waals surface area contributed by atoms with Gasteiger partial charge in [-0.05, 0) is 31.5 Å². The second kappa shape index (κ2) is 6.90.